The van der Waals surface area contributed by atoms with Crippen LogP contribution in [0.2, 0.25) is 0 Å². The van der Waals surface area contributed by atoms with Crippen molar-refractivity contribution in [1.82, 2.24) is 0 Å². The SMILES string of the molecule is CCCCC(CCCC(=O)OCCS(=O)(=O)O)C(C)C. The number of hydrogen-bond donors (Lipinski definition) is 1. The molecule has 5 nitrogen and oxygen atoms in total. The van der Waals surface area contributed by atoms with Crippen LogP contribution in [0.4, 0.5) is 0 Å². The van der Waals surface area contributed by atoms with Gasteiger partial charge in [-0.3, -0.25) is 9.35 Å². The third-order valence-corrected chi connectivity index (χ3v) is 4.11. The maximum Gasteiger partial charge on any atom is 0.305 e. The number of carbonyl (C=O) groups is 1. The van der Waals surface area contributed by atoms with E-state index in [4.69, 9.17) is 9.29 Å². The molecule has 0 aliphatic heterocycles. The zero-order valence-electron chi connectivity index (χ0n) is 12.8. The highest BCUT2D eigenvalue weighted by atomic mass is 32.2. The van der Waals surface area contributed by atoms with Crippen molar-refractivity contribution in [2.45, 2.75) is 59.3 Å². The first-order chi connectivity index (χ1) is 9.26. The fourth-order valence-corrected chi connectivity index (χ4v) is 2.41. The van der Waals surface area contributed by atoms with Gasteiger partial charge in [-0.15, -0.1) is 0 Å². The highest BCUT2D eigenvalue weighted by Gasteiger charge is 2.14. The molecule has 6 heteroatoms. The molecule has 0 rings (SSSR count). The molecule has 0 aliphatic carbocycles. The Morgan fingerprint density at radius 3 is 2.30 bits per heavy atom. The van der Waals surface area contributed by atoms with E-state index in [1.54, 1.807) is 0 Å². The van der Waals surface area contributed by atoms with Crippen molar-refractivity contribution in [1.29, 1.82) is 0 Å². The fourth-order valence-electron chi connectivity index (χ4n) is 2.12. The predicted molar refractivity (Wildman–Crippen MR) is 79.1 cm³/mol. The smallest absolute Gasteiger partial charge is 0.305 e. The van der Waals surface area contributed by atoms with E-state index in [0.29, 0.717) is 18.3 Å². The lowest BCUT2D eigenvalue weighted by atomic mass is 9.86. The minimum Gasteiger partial charge on any atom is -0.464 e. The quantitative estimate of drug-likeness (QED) is 0.468. The lowest BCUT2D eigenvalue weighted by Crippen LogP contribution is -2.15. The van der Waals surface area contributed by atoms with Gasteiger partial charge in [-0.2, -0.15) is 8.42 Å². The summed E-state index contributed by atoms with van der Waals surface area (Å²) in [7, 11) is -4.05. The molecule has 0 fully saturated rings. The molecule has 0 aliphatic rings. The van der Waals surface area contributed by atoms with E-state index in [9.17, 15) is 13.2 Å². The molecule has 0 aromatic heterocycles. The van der Waals surface area contributed by atoms with Crippen molar-refractivity contribution in [2.24, 2.45) is 11.8 Å². The van der Waals surface area contributed by atoms with Gasteiger partial charge < -0.3 is 4.74 Å². The molecule has 0 aromatic carbocycles. The molecule has 0 saturated carbocycles. The lowest BCUT2D eigenvalue weighted by Gasteiger charge is -2.20. The Labute approximate surface area is 122 Å². The average molecular weight is 308 g/mol. The summed E-state index contributed by atoms with van der Waals surface area (Å²) in [5, 5.41) is 0. The molecule has 0 heterocycles. The molecular formula is C14H28O5S. The van der Waals surface area contributed by atoms with Gasteiger partial charge in [-0.05, 0) is 24.7 Å². The van der Waals surface area contributed by atoms with Crippen molar-refractivity contribution in [2.75, 3.05) is 12.4 Å². The molecule has 0 spiro atoms. The van der Waals surface area contributed by atoms with Crippen LogP contribution in [0, 0.1) is 11.8 Å². The highest BCUT2D eigenvalue weighted by Crippen LogP contribution is 2.24. The molecule has 1 N–H and O–H groups in total. The van der Waals surface area contributed by atoms with Crippen LogP contribution in [0.5, 0.6) is 0 Å². The summed E-state index contributed by atoms with van der Waals surface area (Å²) in [5.41, 5.74) is 0. The summed E-state index contributed by atoms with van der Waals surface area (Å²) >= 11 is 0. The van der Waals surface area contributed by atoms with E-state index in [2.05, 4.69) is 20.8 Å². The number of carbonyl (C=O) groups excluding carboxylic acids is 1. The third-order valence-electron chi connectivity index (χ3n) is 3.43. The second-order valence-corrected chi connectivity index (χ2v) is 7.12. The molecule has 0 bridgehead atoms. The second-order valence-electron chi connectivity index (χ2n) is 5.55. The largest absolute Gasteiger partial charge is 0.464 e. The molecule has 0 radical (unpaired) electrons. The van der Waals surface area contributed by atoms with Gasteiger partial charge in [0.25, 0.3) is 10.1 Å². The summed E-state index contributed by atoms with van der Waals surface area (Å²) in [4.78, 5) is 11.4. The number of esters is 1. The minimum absolute atomic E-state index is 0.277. The minimum atomic E-state index is -4.05. The zero-order chi connectivity index (χ0) is 15.6. The Bertz CT molecular complexity index is 362. The topological polar surface area (TPSA) is 80.7 Å². The maximum atomic E-state index is 11.4. The Morgan fingerprint density at radius 2 is 1.80 bits per heavy atom. The summed E-state index contributed by atoms with van der Waals surface area (Å²) in [6.45, 7) is 6.29. The lowest BCUT2D eigenvalue weighted by molar-refractivity contribution is -0.143. The number of rotatable bonds is 11. The molecule has 0 saturated heterocycles. The Morgan fingerprint density at radius 1 is 1.20 bits per heavy atom. The van der Waals surface area contributed by atoms with E-state index in [-0.39, 0.29) is 6.61 Å². The van der Waals surface area contributed by atoms with Gasteiger partial charge in [0.05, 0.1) is 0 Å². The van der Waals surface area contributed by atoms with Crippen LogP contribution < -0.4 is 0 Å². The zero-order valence-corrected chi connectivity index (χ0v) is 13.6. The van der Waals surface area contributed by atoms with Crippen LogP contribution in [-0.4, -0.2) is 31.3 Å². The maximum absolute atomic E-state index is 11.4. The predicted octanol–water partition coefficient (Wildman–Crippen LogP) is 3.05. The first kappa shape index (κ1) is 19.4. The van der Waals surface area contributed by atoms with E-state index < -0.39 is 21.8 Å². The van der Waals surface area contributed by atoms with E-state index >= 15 is 0 Å². The van der Waals surface area contributed by atoms with Crippen LogP contribution in [0.15, 0.2) is 0 Å². The monoisotopic (exact) mass is 308 g/mol. The van der Waals surface area contributed by atoms with Gasteiger partial charge in [-0.25, -0.2) is 0 Å². The van der Waals surface area contributed by atoms with Gasteiger partial charge in [-0.1, -0.05) is 40.0 Å². The number of ether oxygens (including phenoxy) is 1. The van der Waals surface area contributed by atoms with E-state index in [0.717, 1.165) is 12.8 Å². The van der Waals surface area contributed by atoms with Gasteiger partial charge in [0.15, 0.2) is 0 Å². The van der Waals surface area contributed by atoms with Crippen molar-refractivity contribution in [3.63, 3.8) is 0 Å². The molecule has 1 unspecified atom stereocenters. The average Bonchev–Trinajstić information content (AvgIpc) is 2.31. The first-order valence-corrected chi connectivity index (χ1v) is 8.98. The fraction of sp³-hybridized carbons (Fsp3) is 0.929. The van der Waals surface area contributed by atoms with Gasteiger partial charge in [0.1, 0.15) is 12.4 Å². The Kier molecular flexibility index (Phi) is 9.84. The number of unbranched alkanes of at least 4 members (excludes halogenated alkanes) is 1. The second kappa shape index (κ2) is 10.2. The van der Waals surface area contributed by atoms with Crippen molar-refractivity contribution < 1.29 is 22.5 Å². The standard InChI is InChI=1S/C14H28O5S/c1-4-5-7-13(12(2)3)8-6-9-14(15)19-10-11-20(16,17)18/h12-13H,4-11H2,1-3H3,(H,16,17,18). The first-order valence-electron chi connectivity index (χ1n) is 7.37. The molecule has 20 heavy (non-hydrogen) atoms. The van der Waals surface area contributed by atoms with Gasteiger partial charge in [0, 0.05) is 6.42 Å². The molecule has 0 amide bonds. The highest BCUT2D eigenvalue weighted by molar-refractivity contribution is 7.85. The van der Waals surface area contributed by atoms with Crippen LogP contribution >= 0.6 is 0 Å². The third kappa shape index (κ3) is 11.2. The van der Waals surface area contributed by atoms with E-state index in [1.165, 1.54) is 19.3 Å². The van der Waals surface area contributed by atoms with Crippen LogP contribution in [-0.2, 0) is 19.6 Å². The Hall–Kier alpha value is -0.620. The summed E-state index contributed by atoms with van der Waals surface area (Å²) in [6.07, 6.45) is 5.64. The molecule has 1 atom stereocenters. The van der Waals surface area contributed by atoms with E-state index in [1.807, 2.05) is 0 Å². The van der Waals surface area contributed by atoms with Gasteiger partial charge >= 0.3 is 5.97 Å². The summed E-state index contributed by atoms with van der Waals surface area (Å²) < 4.78 is 34.2. The summed E-state index contributed by atoms with van der Waals surface area (Å²) in [5.74, 6) is 0.299. The van der Waals surface area contributed by atoms with Gasteiger partial charge in [0.2, 0.25) is 0 Å². The normalized spacial score (nSPS) is 13.4. The number of hydrogen-bond acceptors (Lipinski definition) is 4. The molecule has 120 valence electrons. The molecular weight excluding hydrogens is 280 g/mol. The Balaban J connectivity index is 3.82. The van der Waals surface area contributed by atoms with Crippen LogP contribution in [0.25, 0.3) is 0 Å². The molecule has 0 aromatic rings. The van der Waals surface area contributed by atoms with Crippen molar-refractivity contribution in [3.05, 3.63) is 0 Å². The van der Waals surface area contributed by atoms with Crippen molar-refractivity contribution in [3.8, 4) is 0 Å². The van der Waals surface area contributed by atoms with Crippen molar-refractivity contribution >= 4 is 16.1 Å². The van der Waals surface area contributed by atoms with Crippen LogP contribution in [0.3, 0.4) is 0 Å². The summed E-state index contributed by atoms with van der Waals surface area (Å²) in [6, 6.07) is 0. The van der Waals surface area contributed by atoms with Crippen LogP contribution in [0.1, 0.15) is 59.3 Å².